The van der Waals surface area contributed by atoms with Crippen LogP contribution in [0.1, 0.15) is 32.8 Å². The van der Waals surface area contributed by atoms with E-state index in [1.54, 1.807) is 0 Å². The zero-order valence-corrected chi connectivity index (χ0v) is 12.9. The van der Waals surface area contributed by atoms with Crippen LogP contribution >= 0.6 is 0 Å². The Balaban J connectivity index is 2.37. The van der Waals surface area contributed by atoms with Gasteiger partial charge in [-0.05, 0) is 43.6 Å². The number of rotatable bonds is 9. The average Bonchev–Trinajstić information content (AvgIpc) is 2.45. The van der Waals surface area contributed by atoms with Crippen LogP contribution in [-0.2, 0) is 6.42 Å². The molecule has 0 spiro atoms. The van der Waals surface area contributed by atoms with Crippen LogP contribution in [0.25, 0.3) is 0 Å². The van der Waals surface area contributed by atoms with Gasteiger partial charge in [0.1, 0.15) is 0 Å². The van der Waals surface area contributed by atoms with Crippen LogP contribution in [0.5, 0.6) is 0 Å². The molecule has 2 unspecified atom stereocenters. The Kier molecular flexibility index (Phi) is 7.68. The van der Waals surface area contributed by atoms with Gasteiger partial charge in [0.15, 0.2) is 0 Å². The van der Waals surface area contributed by atoms with Gasteiger partial charge in [-0.3, -0.25) is 4.98 Å². The highest BCUT2D eigenvalue weighted by atomic mass is 15.1. The monoisotopic (exact) mass is 263 g/mol. The minimum atomic E-state index is 0.595. The van der Waals surface area contributed by atoms with Gasteiger partial charge in [-0.2, -0.15) is 0 Å². The summed E-state index contributed by atoms with van der Waals surface area (Å²) in [7, 11) is 2.22. The fourth-order valence-electron chi connectivity index (χ4n) is 2.29. The summed E-state index contributed by atoms with van der Waals surface area (Å²) in [5.41, 5.74) is 1.37. The van der Waals surface area contributed by atoms with Gasteiger partial charge in [-0.15, -0.1) is 0 Å². The number of likely N-dealkylation sites (N-methyl/N-ethyl adjacent to an activating group) is 2. The van der Waals surface area contributed by atoms with Crippen LogP contribution in [0.3, 0.4) is 0 Å². The predicted octanol–water partition coefficient (Wildman–Crippen LogP) is 2.58. The zero-order valence-electron chi connectivity index (χ0n) is 12.9. The summed E-state index contributed by atoms with van der Waals surface area (Å²) in [5.74, 6) is 0.725. The number of hydrogen-bond acceptors (Lipinski definition) is 3. The van der Waals surface area contributed by atoms with Gasteiger partial charge in [0.2, 0.25) is 0 Å². The van der Waals surface area contributed by atoms with Crippen molar-refractivity contribution in [2.75, 3.05) is 26.7 Å². The highest BCUT2D eigenvalue weighted by molar-refractivity contribution is 5.09. The van der Waals surface area contributed by atoms with Gasteiger partial charge in [0.25, 0.3) is 0 Å². The largest absolute Gasteiger partial charge is 0.313 e. The second kappa shape index (κ2) is 9.05. The maximum atomic E-state index is 4.06. The van der Waals surface area contributed by atoms with Crippen LogP contribution < -0.4 is 5.32 Å². The number of pyridine rings is 1. The molecule has 0 amide bonds. The zero-order chi connectivity index (χ0) is 14.1. The van der Waals surface area contributed by atoms with Gasteiger partial charge in [0, 0.05) is 31.5 Å². The molecule has 1 aromatic rings. The van der Waals surface area contributed by atoms with E-state index in [1.165, 1.54) is 12.0 Å². The lowest BCUT2D eigenvalue weighted by molar-refractivity contribution is 0.248. The van der Waals surface area contributed by atoms with E-state index in [-0.39, 0.29) is 0 Å². The molecule has 0 bridgehead atoms. The van der Waals surface area contributed by atoms with Crippen LogP contribution in [0.4, 0.5) is 0 Å². The fraction of sp³-hybridized carbons (Fsp3) is 0.688. The SMILES string of the molecule is CCNC(CN(C)CCc1ccncc1)C(C)CC. The van der Waals surface area contributed by atoms with Crippen molar-refractivity contribution < 1.29 is 0 Å². The number of nitrogens with one attached hydrogen (secondary N) is 1. The lowest BCUT2D eigenvalue weighted by Crippen LogP contribution is -2.44. The molecule has 0 saturated heterocycles. The van der Waals surface area contributed by atoms with E-state index >= 15 is 0 Å². The molecule has 1 rings (SSSR count). The van der Waals surface area contributed by atoms with Crippen molar-refractivity contribution >= 4 is 0 Å². The lowest BCUT2D eigenvalue weighted by Gasteiger charge is -2.29. The molecule has 0 aliphatic heterocycles. The third-order valence-electron chi connectivity index (χ3n) is 3.84. The van der Waals surface area contributed by atoms with Gasteiger partial charge in [-0.1, -0.05) is 27.2 Å². The Bertz CT molecular complexity index is 326. The molecule has 0 aromatic carbocycles. The molecule has 19 heavy (non-hydrogen) atoms. The molecular formula is C16H29N3. The standard InChI is InChI=1S/C16H29N3/c1-5-14(3)16(18-6-2)13-19(4)12-9-15-7-10-17-11-8-15/h7-8,10-11,14,16,18H,5-6,9,12-13H2,1-4H3. The van der Waals surface area contributed by atoms with Crippen molar-refractivity contribution in [3.63, 3.8) is 0 Å². The fourth-order valence-corrected chi connectivity index (χ4v) is 2.29. The molecule has 1 heterocycles. The lowest BCUT2D eigenvalue weighted by atomic mass is 9.98. The smallest absolute Gasteiger partial charge is 0.0270 e. The topological polar surface area (TPSA) is 28.2 Å². The Morgan fingerprint density at radius 1 is 1.26 bits per heavy atom. The molecule has 1 N–H and O–H groups in total. The van der Waals surface area contributed by atoms with E-state index in [0.29, 0.717) is 6.04 Å². The summed E-state index contributed by atoms with van der Waals surface area (Å²) in [4.78, 5) is 6.49. The summed E-state index contributed by atoms with van der Waals surface area (Å²) < 4.78 is 0. The molecular weight excluding hydrogens is 234 g/mol. The third kappa shape index (κ3) is 6.17. The van der Waals surface area contributed by atoms with Crippen molar-refractivity contribution in [2.24, 2.45) is 5.92 Å². The molecule has 0 aliphatic rings. The maximum Gasteiger partial charge on any atom is 0.0270 e. The summed E-state index contributed by atoms with van der Waals surface area (Å²) in [6.45, 7) is 10.1. The average molecular weight is 263 g/mol. The molecule has 0 saturated carbocycles. The first-order chi connectivity index (χ1) is 9.17. The highest BCUT2D eigenvalue weighted by Gasteiger charge is 2.16. The van der Waals surface area contributed by atoms with E-state index in [1.807, 2.05) is 12.4 Å². The normalized spacial score (nSPS) is 14.6. The molecule has 3 heteroatoms. The van der Waals surface area contributed by atoms with E-state index < -0.39 is 0 Å². The summed E-state index contributed by atoms with van der Waals surface area (Å²) in [6.07, 6.45) is 6.07. The van der Waals surface area contributed by atoms with Gasteiger partial charge < -0.3 is 10.2 Å². The summed E-state index contributed by atoms with van der Waals surface area (Å²) in [5, 5.41) is 3.61. The first-order valence-electron chi connectivity index (χ1n) is 7.48. The van der Waals surface area contributed by atoms with Gasteiger partial charge in [0.05, 0.1) is 0 Å². The van der Waals surface area contributed by atoms with Crippen molar-refractivity contribution in [1.82, 2.24) is 15.2 Å². The molecule has 0 aliphatic carbocycles. The van der Waals surface area contributed by atoms with E-state index in [4.69, 9.17) is 0 Å². The Labute approximate surface area is 118 Å². The van der Waals surface area contributed by atoms with Gasteiger partial charge in [-0.25, -0.2) is 0 Å². The highest BCUT2D eigenvalue weighted by Crippen LogP contribution is 2.09. The van der Waals surface area contributed by atoms with E-state index in [0.717, 1.165) is 32.0 Å². The van der Waals surface area contributed by atoms with Crippen molar-refractivity contribution in [2.45, 2.75) is 39.7 Å². The van der Waals surface area contributed by atoms with E-state index in [9.17, 15) is 0 Å². The van der Waals surface area contributed by atoms with Crippen molar-refractivity contribution in [3.05, 3.63) is 30.1 Å². The van der Waals surface area contributed by atoms with E-state index in [2.05, 4.69) is 55.2 Å². The molecule has 0 radical (unpaired) electrons. The minimum absolute atomic E-state index is 0.595. The number of nitrogens with zero attached hydrogens (tertiary/aromatic N) is 2. The third-order valence-corrected chi connectivity index (χ3v) is 3.84. The quantitative estimate of drug-likeness (QED) is 0.742. The van der Waals surface area contributed by atoms with Crippen LogP contribution in [-0.4, -0.2) is 42.6 Å². The summed E-state index contributed by atoms with van der Waals surface area (Å²) >= 11 is 0. The number of hydrogen-bond donors (Lipinski definition) is 1. The number of aromatic nitrogens is 1. The first kappa shape index (κ1) is 16.1. The molecule has 2 atom stereocenters. The minimum Gasteiger partial charge on any atom is -0.313 e. The summed E-state index contributed by atoms with van der Waals surface area (Å²) in [6, 6.07) is 4.80. The van der Waals surface area contributed by atoms with Crippen LogP contribution in [0, 0.1) is 5.92 Å². The second-order valence-electron chi connectivity index (χ2n) is 5.42. The first-order valence-corrected chi connectivity index (χ1v) is 7.48. The second-order valence-corrected chi connectivity index (χ2v) is 5.42. The van der Waals surface area contributed by atoms with Gasteiger partial charge >= 0.3 is 0 Å². The molecule has 108 valence electrons. The van der Waals surface area contributed by atoms with Crippen LogP contribution in [0.2, 0.25) is 0 Å². The Morgan fingerprint density at radius 3 is 2.53 bits per heavy atom. The van der Waals surface area contributed by atoms with Crippen molar-refractivity contribution in [1.29, 1.82) is 0 Å². The Hall–Kier alpha value is -0.930. The van der Waals surface area contributed by atoms with Crippen molar-refractivity contribution in [3.8, 4) is 0 Å². The molecule has 1 aromatic heterocycles. The molecule has 3 nitrogen and oxygen atoms in total. The van der Waals surface area contributed by atoms with Crippen LogP contribution in [0.15, 0.2) is 24.5 Å². The molecule has 0 fully saturated rings. The predicted molar refractivity (Wildman–Crippen MR) is 82.4 cm³/mol. The maximum absolute atomic E-state index is 4.06. The Morgan fingerprint density at radius 2 is 1.95 bits per heavy atom.